The maximum atomic E-state index is 2.40. The van der Waals surface area contributed by atoms with E-state index in [1.807, 2.05) is 0 Å². The summed E-state index contributed by atoms with van der Waals surface area (Å²) in [5.74, 6) is 0. The fraction of sp³-hybridized carbons (Fsp3) is 0.684. The molecule has 0 N–H and O–H groups in total. The second kappa shape index (κ2) is 14.7. The van der Waals surface area contributed by atoms with Crippen LogP contribution in [0.25, 0.3) is 0 Å². The van der Waals surface area contributed by atoms with Gasteiger partial charge in [0.05, 0.1) is 0 Å². The van der Waals surface area contributed by atoms with Crippen LogP contribution in [0.4, 0.5) is 0 Å². The Kier molecular flexibility index (Phi) is 13.3. The SMILES string of the molecule is CCC(C)(C)CC1=CC(C)=C(C)C1.CCC(C)(C)CC1=CCC(C)=C1C.CCC(C)(C)Cn1ccc(C)c1C. The summed E-state index contributed by atoms with van der Waals surface area (Å²) in [7, 11) is 0. The molecule has 2 aliphatic carbocycles. The Hall–Kier alpha value is -1.76. The van der Waals surface area contributed by atoms with Crippen LogP contribution in [0.1, 0.15) is 146 Å². The van der Waals surface area contributed by atoms with E-state index in [1.54, 1.807) is 27.9 Å². The lowest BCUT2D eigenvalue weighted by Gasteiger charge is -2.24. The zero-order valence-corrected chi connectivity index (χ0v) is 28.9. The number of aryl methyl sites for hydroxylation is 1. The minimum atomic E-state index is 0.413. The van der Waals surface area contributed by atoms with Gasteiger partial charge < -0.3 is 4.57 Å². The van der Waals surface area contributed by atoms with Crippen LogP contribution >= 0.6 is 0 Å². The minimum absolute atomic E-state index is 0.413. The van der Waals surface area contributed by atoms with Crippen molar-refractivity contribution in [3.8, 4) is 0 Å². The van der Waals surface area contributed by atoms with Crippen molar-refractivity contribution in [3.63, 3.8) is 0 Å². The first-order valence-electron chi connectivity index (χ1n) is 15.7. The molecule has 3 rings (SSSR count). The standard InChI is InChI=1S/2C13H22.C12H21N/c1-6-13(4,5)9-12-7-10(2)11(3)8-12;1-6-13(4,5)9-12-8-7-10(2)11(12)3;1-6-12(4,5)9-13-8-7-10(2)11(13)3/h7H,6,8-9H2,1-5H3;8H,6-7,9H2,1-5H3;7-8H,6,9H2,1-5H3. The van der Waals surface area contributed by atoms with E-state index in [2.05, 4.69) is 133 Å². The average molecular weight is 536 g/mol. The van der Waals surface area contributed by atoms with Gasteiger partial charge in [-0.2, -0.15) is 0 Å². The van der Waals surface area contributed by atoms with Gasteiger partial charge in [0.25, 0.3) is 0 Å². The van der Waals surface area contributed by atoms with Gasteiger partial charge in [0.15, 0.2) is 0 Å². The van der Waals surface area contributed by atoms with Crippen molar-refractivity contribution in [1.82, 2.24) is 4.57 Å². The quantitative estimate of drug-likeness (QED) is 0.296. The van der Waals surface area contributed by atoms with Gasteiger partial charge in [-0.15, -0.1) is 0 Å². The van der Waals surface area contributed by atoms with E-state index in [9.17, 15) is 0 Å². The highest BCUT2D eigenvalue weighted by Gasteiger charge is 2.21. The van der Waals surface area contributed by atoms with Gasteiger partial charge in [-0.05, 0) is 113 Å². The van der Waals surface area contributed by atoms with Crippen LogP contribution in [0.15, 0.2) is 57.9 Å². The molecule has 0 saturated heterocycles. The van der Waals surface area contributed by atoms with Crippen LogP contribution in [0.2, 0.25) is 0 Å². The third-order valence-electron chi connectivity index (χ3n) is 9.71. The van der Waals surface area contributed by atoms with E-state index in [0.29, 0.717) is 16.2 Å². The number of hydrogen-bond acceptors (Lipinski definition) is 0. The van der Waals surface area contributed by atoms with Crippen molar-refractivity contribution in [2.45, 2.75) is 155 Å². The summed E-state index contributed by atoms with van der Waals surface area (Å²) in [6.07, 6.45) is 15.6. The van der Waals surface area contributed by atoms with Crippen molar-refractivity contribution in [3.05, 3.63) is 69.1 Å². The molecular weight excluding hydrogens is 470 g/mol. The summed E-state index contributed by atoms with van der Waals surface area (Å²) < 4.78 is 2.36. The van der Waals surface area contributed by atoms with Crippen molar-refractivity contribution >= 4 is 0 Å². The summed E-state index contributed by atoms with van der Waals surface area (Å²) in [5, 5.41) is 0. The number of allylic oxidation sites excluding steroid dienone is 8. The van der Waals surface area contributed by atoms with Crippen LogP contribution in [-0.2, 0) is 6.54 Å². The maximum Gasteiger partial charge on any atom is 0.0273 e. The van der Waals surface area contributed by atoms with Crippen molar-refractivity contribution in [2.24, 2.45) is 16.2 Å². The first kappa shape index (κ1) is 35.3. The van der Waals surface area contributed by atoms with E-state index in [4.69, 9.17) is 0 Å². The lowest BCUT2D eigenvalue weighted by molar-refractivity contribution is 0.292. The first-order chi connectivity index (χ1) is 17.9. The summed E-state index contributed by atoms with van der Waals surface area (Å²) in [6.45, 7) is 35.4. The molecule has 0 spiro atoms. The highest BCUT2D eigenvalue weighted by molar-refractivity contribution is 5.40. The predicted molar refractivity (Wildman–Crippen MR) is 178 cm³/mol. The minimum Gasteiger partial charge on any atom is -0.351 e. The summed E-state index contributed by atoms with van der Waals surface area (Å²) >= 11 is 0. The van der Waals surface area contributed by atoms with E-state index in [1.165, 1.54) is 61.8 Å². The molecule has 0 unspecified atom stereocenters. The molecule has 1 nitrogen and oxygen atoms in total. The van der Waals surface area contributed by atoms with E-state index >= 15 is 0 Å². The molecule has 1 aromatic heterocycles. The number of rotatable bonds is 9. The summed E-state index contributed by atoms with van der Waals surface area (Å²) in [6, 6.07) is 2.20. The van der Waals surface area contributed by atoms with E-state index in [0.717, 1.165) is 6.54 Å². The van der Waals surface area contributed by atoms with Crippen LogP contribution in [-0.4, -0.2) is 4.57 Å². The molecule has 1 aromatic rings. The Morgan fingerprint density at radius 1 is 0.718 bits per heavy atom. The third kappa shape index (κ3) is 11.7. The van der Waals surface area contributed by atoms with Gasteiger partial charge in [0.2, 0.25) is 0 Å². The molecule has 0 saturated carbocycles. The van der Waals surface area contributed by atoms with Gasteiger partial charge in [0.1, 0.15) is 0 Å². The van der Waals surface area contributed by atoms with Gasteiger partial charge >= 0.3 is 0 Å². The van der Waals surface area contributed by atoms with Crippen LogP contribution in [0, 0.1) is 30.1 Å². The fourth-order valence-electron chi connectivity index (χ4n) is 4.92. The number of hydrogen-bond donors (Lipinski definition) is 0. The molecule has 1 heterocycles. The zero-order chi connectivity index (χ0) is 30.2. The Morgan fingerprint density at radius 2 is 1.26 bits per heavy atom. The third-order valence-corrected chi connectivity index (χ3v) is 9.71. The Labute approximate surface area is 245 Å². The van der Waals surface area contributed by atoms with Crippen LogP contribution in [0.5, 0.6) is 0 Å². The number of nitrogens with zero attached hydrogens (tertiary/aromatic N) is 1. The molecule has 0 amide bonds. The smallest absolute Gasteiger partial charge is 0.0273 e. The average Bonchev–Trinajstić information content (AvgIpc) is 3.46. The molecule has 0 fully saturated rings. The highest BCUT2D eigenvalue weighted by atomic mass is 15.0. The van der Waals surface area contributed by atoms with Gasteiger partial charge in [-0.25, -0.2) is 0 Å². The lowest BCUT2D eigenvalue weighted by Crippen LogP contribution is -2.18. The molecular formula is C38H65N. The van der Waals surface area contributed by atoms with E-state index < -0.39 is 0 Å². The fourth-order valence-corrected chi connectivity index (χ4v) is 4.92. The summed E-state index contributed by atoms with van der Waals surface area (Å²) in [5.41, 5.74) is 13.5. The Morgan fingerprint density at radius 3 is 1.64 bits per heavy atom. The topological polar surface area (TPSA) is 4.93 Å². The molecule has 0 bridgehead atoms. The van der Waals surface area contributed by atoms with Gasteiger partial charge in [0, 0.05) is 18.4 Å². The molecule has 2 aliphatic rings. The van der Waals surface area contributed by atoms with Gasteiger partial charge in [-0.3, -0.25) is 0 Å². The maximum absolute atomic E-state index is 2.40. The summed E-state index contributed by atoms with van der Waals surface area (Å²) in [4.78, 5) is 0. The largest absolute Gasteiger partial charge is 0.351 e. The lowest BCUT2D eigenvalue weighted by atomic mass is 9.82. The molecule has 1 heteroatoms. The second-order valence-electron chi connectivity index (χ2n) is 14.9. The molecule has 0 atom stereocenters. The second-order valence-corrected chi connectivity index (χ2v) is 14.9. The Bertz CT molecular complexity index is 1060. The first-order valence-corrected chi connectivity index (χ1v) is 15.7. The van der Waals surface area contributed by atoms with E-state index in [-0.39, 0.29) is 0 Å². The monoisotopic (exact) mass is 536 g/mol. The normalized spacial score (nSPS) is 16.1. The van der Waals surface area contributed by atoms with Crippen molar-refractivity contribution in [2.75, 3.05) is 0 Å². The molecule has 0 aromatic carbocycles. The van der Waals surface area contributed by atoms with Crippen molar-refractivity contribution < 1.29 is 0 Å². The van der Waals surface area contributed by atoms with Crippen molar-refractivity contribution in [1.29, 1.82) is 0 Å². The molecule has 0 radical (unpaired) electrons. The highest BCUT2D eigenvalue weighted by Crippen LogP contribution is 2.37. The van der Waals surface area contributed by atoms with Gasteiger partial charge in [-0.1, -0.05) is 110 Å². The molecule has 0 aliphatic heterocycles. The van der Waals surface area contributed by atoms with Crippen LogP contribution < -0.4 is 0 Å². The Balaban J connectivity index is 0.000000292. The van der Waals surface area contributed by atoms with Crippen LogP contribution in [0.3, 0.4) is 0 Å². The molecule has 39 heavy (non-hydrogen) atoms. The predicted octanol–water partition coefficient (Wildman–Crippen LogP) is 12.5. The number of aromatic nitrogens is 1. The zero-order valence-electron chi connectivity index (χ0n) is 28.9. The molecule has 222 valence electrons.